The average Bonchev–Trinajstić information content (AvgIpc) is 2.62. The van der Waals surface area contributed by atoms with Gasteiger partial charge in [0.25, 0.3) is 5.91 Å². The van der Waals surface area contributed by atoms with Crippen LogP contribution in [0.1, 0.15) is 37.9 Å². The van der Waals surface area contributed by atoms with Gasteiger partial charge in [-0.15, -0.1) is 0 Å². The monoisotopic (exact) mass is 353 g/mol. The Morgan fingerprint density at radius 2 is 1.69 bits per heavy atom. The van der Waals surface area contributed by atoms with Crippen molar-refractivity contribution >= 4 is 23.2 Å². The van der Waals surface area contributed by atoms with E-state index < -0.39 is 0 Å². The van der Waals surface area contributed by atoms with Crippen molar-refractivity contribution in [1.29, 1.82) is 0 Å². The molecule has 2 amide bonds. The van der Waals surface area contributed by atoms with Gasteiger partial charge in [-0.3, -0.25) is 9.59 Å². The summed E-state index contributed by atoms with van der Waals surface area (Å²) < 4.78 is 0. The van der Waals surface area contributed by atoms with Crippen LogP contribution in [-0.4, -0.2) is 24.1 Å². The fraction of sp³-hybridized carbons (Fsp3) is 0.250. The molecule has 136 valence electrons. The topological polar surface area (TPSA) is 79.8 Å². The van der Waals surface area contributed by atoms with Crippen molar-refractivity contribution in [2.75, 3.05) is 11.9 Å². The SMILES string of the molecule is CC(=O)Nc1ccc(/C(C)=N/OCC(=O)NC(C)c2ccccc2)cc1. The third-order valence-electron chi connectivity index (χ3n) is 3.70. The first-order valence-electron chi connectivity index (χ1n) is 8.34. The quantitative estimate of drug-likeness (QED) is 0.592. The van der Waals surface area contributed by atoms with Crippen molar-refractivity contribution in [1.82, 2.24) is 5.32 Å². The van der Waals surface area contributed by atoms with E-state index in [1.807, 2.05) is 49.4 Å². The van der Waals surface area contributed by atoms with E-state index in [1.54, 1.807) is 19.1 Å². The van der Waals surface area contributed by atoms with Crippen LogP contribution in [-0.2, 0) is 14.4 Å². The third kappa shape index (κ3) is 6.05. The summed E-state index contributed by atoms with van der Waals surface area (Å²) in [6.45, 7) is 5.01. The number of nitrogens with zero attached hydrogens (tertiary/aromatic N) is 1. The second kappa shape index (κ2) is 9.36. The van der Waals surface area contributed by atoms with Gasteiger partial charge in [0.15, 0.2) is 6.61 Å². The maximum atomic E-state index is 11.9. The predicted molar refractivity (Wildman–Crippen MR) is 102 cm³/mol. The van der Waals surface area contributed by atoms with Crippen LogP contribution >= 0.6 is 0 Å². The molecule has 0 aliphatic rings. The highest BCUT2D eigenvalue weighted by atomic mass is 16.6. The molecule has 2 N–H and O–H groups in total. The number of hydrogen-bond donors (Lipinski definition) is 2. The zero-order chi connectivity index (χ0) is 18.9. The Bertz CT molecular complexity index is 771. The molecule has 0 fully saturated rings. The van der Waals surface area contributed by atoms with Crippen LogP contribution in [0.3, 0.4) is 0 Å². The molecule has 0 heterocycles. The third-order valence-corrected chi connectivity index (χ3v) is 3.70. The summed E-state index contributed by atoms with van der Waals surface area (Å²) in [4.78, 5) is 28.1. The van der Waals surface area contributed by atoms with Gasteiger partial charge in [0.05, 0.1) is 11.8 Å². The first-order valence-corrected chi connectivity index (χ1v) is 8.34. The fourth-order valence-electron chi connectivity index (χ4n) is 2.35. The molecule has 0 bridgehead atoms. The molecule has 0 aliphatic carbocycles. The Balaban J connectivity index is 1.83. The van der Waals surface area contributed by atoms with Crippen molar-refractivity contribution in [3.8, 4) is 0 Å². The number of amides is 2. The van der Waals surface area contributed by atoms with Crippen molar-refractivity contribution in [3.63, 3.8) is 0 Å². The van der Waals surface area contributed by atoms with E-state index in [-0.39, 0.29) is 24.5 Å². The number of oxime groups is 1. The molecule has 0 radical (unpaired) electrons. The largest absolute Gasteiger partial charge is 0.385 e. The molecular formula is C20H23N3O3. The molecule has 0 aromatic heterocycles. The van der Waals surface area contributed by atoms with Gasteiger partial charge in [0.1, 0.15) is 0 Å². The van der Waals surface area contributed by atoms with E-state index in [0.717, 1.165) is 11.1 Å². The smallest absolute Gasteiger partial charge is 0.261 e. The summed E-state index contributed by atoms with van der Waals surface area (Å²) in [5.74, 6) is -0.360. The highest BCUT2D eigenvalue weighted by Gasteiger charge is 2.09. The average molecular weight is 353 g/mol. The first-order chi connectivity index (χ1) is 12.5. The number of hydrogen-bond acceptors (Lipinski definition) is 4. The van der Waals surface area contributed by atoms with E-state index in [4.69, 9.17) is 4.84 Å². The Morgan fingerprint density at radius 3 is 2.31 bits per heavy atom. The number of benzene rings is 2. The van der Waals surface area contributed by atoms with Crippen LogP contribution in [0, 0.1) is 0 Å². The van der Waals surface area contributed by atoms with Gasteiger partial charge in [-0.25, -0.2) is 0 Å². The number of carbonyl (C=O) groups excluding carboxylic acids is 2. The van der Waals surface area contributed by atoms with E-state index in [1.165, 1.54) is 6.92 Å². The summed E-state index contributed by atoms with van der Waals surface area (Å²) >= 11 is 0. The fourth-order valence-corrected chi connectivity index (χ4v) is 2.35. The van der Waals surface area contributed by atoms with Gasteiger partial charge >= 0.3 is 0 Å². The van der Waals surface area contributed by atoms with Gasteiger partial charge in [0.2, 0.25) is 5.91 Å². The number of rotatable bonds is 7. The maximum absolute atomic E-state index is 11.9. The van der Waals surface area contributed by atoms with Crippen molar-refractivity contribution in [2.24, 2.45) is 5.16 Å². The zero-order valence-corrected chi connectivity index (χ0v) is 15.2. The maximum Gasteiger partial charge on any atom is 0.261 e. The van der Waals surface area contributed by atoms with Crippen molar-refractivity contribution in [2.45, 2.75) is 26.8 Å². The minimum Gasteiger partial charge on any atom is -0.385 e. The van der Waals surface area contributed by atoms with Gasteiger partial charge in [-0.1, -0.05) is 47.6 Å². The molecule has 6 nitrogen and oxygen atoms in total. The summed E-state index contributed by atoms with van der Waals surface area (Å²) in [6, 6.07) is 16.8. The molecule has 0 saturated heterocycles. The van der Waals surface area contributed by atoms with Gasteiger partial charge in [0, 0.05) is 12.6 Å². The Hall–Kier alpha value is -3.15. The molecule has 0 saturated carbocycles. The van der Waals surface area contributed by atoms with Crippen LogP contribution < -0.4 is 10.6 Å². The first kappa shape index (κ1) is 19.2. The number of carbonyl (C=O) groups is 2. The highest BCUT2D eigenvalue weighted by Crippen LogP contribution is 2.12. The minimum atomic E-state index is -0.237. The van der Waals surface area contributed by atoms with Crippen LogP contribution in [0.25, 0.3) is 0 Å². The lowest BCUT2D eigenvalue weighted by molar-refractivity contribution is -0.126. The Morgan fingerprint density at radius 1 is 1.04 bits per heavy atom. The predicted octanol–water partition coefficient (Wildman–Crippen LogP) is 3.26. The molecular weight excluding hydrogens is 330 g/mol. The van der Waals surface area contributed by atoms with E-state index >= 15 is 0 Å². The second-order valence-electron chi connectivity index (χ2n) is 5.91. The molecule has 2 rings (SSSR count). The van der Waals surface area contributed by atoms with Gasteiger partial charge in [-0.05, 0) is 37.1 Å². The summed E-state index contributed by atoms with van der Waals surface area (Å²) in [7, 11) is 0. The van der Waals surface area contributed by atoms with Gasteiger partial charge in [-0.2, -0.15) is 0 Å². The molecule has 26 heavy (non-hydrogen) atoms. The summed E-state index contributed by atoms with van der Waals surface area (Å²) in [5.41, 5.74) is 3.23. The molecule has 2 aromatic rings. The molecule has 2 aromatic carbocycles. The summed E-state index contributed by atoms with van der Waals surface area (Å²) in [5, 5.41) is 9.53. The lowest BCUT2D eigenvalue weighted by atomic mass is 10.1. The molecule has 0 aliphatic heterocycles. The second-order valence-corrected chi connectivity index (χ2v) is 5.91. The Labute approximate surface area is 153 Å². The lowest BCUT2D eigenvalue weighted by Gasteiger charge is -2.13. The van der Waals surface area contributed by atoms with Crippen LogP contribution in [0.15, 0.2) is 59.8 Å². The van der Waals surface area contributed by atoms with E-state index in [0.29, 0.717) is 11.4 Å². The normalized spacial score (nSPS) is 12.2. The van der Waals surface area contributed by atoms with Crippen LogP contribution in [0.2, 0.25) is 0 Å². The standard InChI is InChI=1S/C20H23N3O3/c1-14(17-7-5-4-6-8-17)21-20(25)13-26-23-15(2)18-9-11-19(12-10-18)22-16(3)24/h4-12,14H,13H2,1-3H3,(H,21,25)(H,22,24)/b23-15+. The number of nitrogens with one attached hydrogen (secondary N) is 2. The van der Waals surface area contributed by atoms with E-state index in [9.17, 15) is 9.59 Å². The van der Waals surface area contributed by atoms with Gasteiger partial charge < -0.3 is 15.5 Å². The number of anilines is 1. The minimum absolute atomic E-state index is 0.0984. The van der Waals surface area contributed by atoms with Crippen molar-refractivity contribution < 1.29 is 14.4 Å². The Kier molecular flexibility index (Phi) is 6.91. The molecule has 6 heteroatoms. The van der Waals surface area contributed by atoms with E-state index in [2.05, 4.69) is 15.8 Å². The zero-order valence-electron chi connectivity index (χ0n) is 15.2. The molecule has 0 spiro atoms. The van der Waals surface area contributed by atoms with Crippen LogP contribution in [0.4, 0.5) is 5.69 Å². The highest BCUT2D eigenvalue weighted by molar-refractivity contribution is 5.99. The van der Waals surface area contributed by atoms with Crippen LogP contribution in [0.5, 0.6) is 0 Å². The lowest BCUT2D eigenvalue weighted by Crippen LogP contribution is -2.29. The molecule has 1 atom stereocenters. The molecule has 1 unspecified atom stereocenters. The van der Waals surface area contributed by atoms with Crippen molar-refractivity contribution in [3.05, 3.63) is 65.7 Å². The summed E-state index contributed by atoms with van der Waals surface area (Å²) in [6.07, 6.45) is 0.